The van der Waals surface area contributed by atoms with Crippen LogP contribution in [0, 0.1) is 0 Å². The lowest BCUT2D eigenvalue weighted by molar-refractivity contribution is 0.163. The zero-order valence-electron chi connectivity index (χ0n) is 10.8. The van der Waals surface area contributed by atoms with E-state index in [0.29, 0.717) is 13.0 Å². The van der Waals surface area contributed by atoms with E-state index in [9.17, 15) is 8.42 Å². The third-order valence-corrected chi connectivity index (χ3v) is 4.90. The first-order valence-electron chi connectivity index (χ1n) is 6.33. The van der Waals surface area contributed by atoms with Crippen molar-refractivity contribution in [2.75, 3.05) is 19.0 Å². The number of hydrogen-bond donors (Lipinski definition) is 1. The molecule has 2 rings (SSSR count). The maximum Gasteiger partial charge on any atom is 0.214 e. The number of hydrogen-bond acceptors (Lipinski definition) is 3. The van der Waals surface area contributed by atoms with Crippen LogP contribution in [0.5, 0.6) is 0 Å². The summed E-state index contributed by atoms with van der Waals surface area (Å²) in [4.78, 5) is 0. The van der Waals surface area contributed by atoms with E-state index in [-0.39, 0.29) is 23.8 Å². The maximum atomic E-state index is 12.0. The van der Waals surface area contributed by atoms with Crippen molar-refractivity contribution in [3.8, 4) is 0 Å². The molecule has 0 bridgehead atoms. The zero-order chi connectivity index (χ0) is 13.9. The van der Waals surface area contributed by atoms with Gasteiger partial charge in [-0.2, -0.15) is 0 Å². The van der Waals surface area contributed by atoms with Crippen LogP contribution in [0.3, 0.4) is 0 Å². The number of halogens is 1. The van der Waals surface area contributed by atoms with Gasteiger partial charge in [0.1, 0.15) is 0 Å². The normalized spacial score (nSPS) is 22.4. The summed E-state index contributed by atoms with van der Waals surface area (Å²) in [6.45, 7) is 2.55. The number of benzene rings is 1. The maximum absolute atomic E-state index is 12.0. The van der Waals surface area contributed by atoms with Gasteiger partial charge in [-0.25, -0.2) is 13.1 Å². The highest BCUT2D eigenvalue weighted by molar-refractivity contribution is 7.89. The molecular formula is C13H18ClNO3S. The summed E-state index contributed by atoms with van der Waals surface area (Å²) in [6, 6.07) is 7.40. The summed E-state index contributed by atoms with van der Waals surface area (Å²) >= 11 is 6.25. The van der Waals surface area contributed by atoms with Gasteiger partial charge < -0.3 is 4.74 Å². The highest BCUT2D eigenvalue weighted by Gasteiger charge is 2.33. The Morgan fingerprint density at radius 3 is 2.89 bits per heavy atom. The molecule has 106 valence electrons. The smallest absolute Gasteiger partial charge is 0.214 e. The molecule has 0 radical (unpaired) electrons. The highest BCUT2D eigenvalue weighted by Crippen LogP contribution is 2.35. The van der Waals surface area contributed by atoms with Gasteiger partial charge in [0.25, 0.3) is 0 Å². The van der Waals surface area contributed by atoms with E-state index < -0.39 is 10.0 Å². The van der Waals surface area contributed by atoms with Crippen LogP contribution in [0.25, 0.3) is 0 Å². The zero-order valence-corrected chi connectivity index (χ0v) is 12.4. The average Bonchev–Trinajstić information content (AvgIpc) is 2.66. The first-order valence-corrected chi connectivity index (χ1v) is 8.42. The van der Waals surface area contributed by atoms with Crippen molar-refractivity contribution < 1.29 is 13.2 Å². The Kier molecular flexibility index (Phi) is 4.84. The summed E-state index contributed by atoms with van der Waals surface area (Å²) in [5, 5.41) is -0.237. The van der Waals surface area contributed by atoms with Gasteiger partial charge in [0, 0.05) is 6.61 Å². The van der Waals surface area contributed by atoms with Gasteiger partial charge >= 0.3 is 0 Å². The molecule has 1 N–H and O–H groups in total. The molecule has 4 nitrogen and oxygen atoms in total. The molecule has 1 aromatic rings. The Balaban J connectivity index is 2.07. The number of ether oxygens (including phenoxy) is 1. The summed E-state index contributed by atoms with van der Waals surface area (Å²) in [5.74, 6) is -0.0386. The van der Waals surface area contributed by atoms with Crippen LogP contribution in [0.1, 0.15) is 24.1 Å². The number of rotatable bonds is 6. The molecule has 1 aliphatic rings. The minimum Gasteiger partial charge on any atom is -0.381 e. The molecule has 19 heavy (non-hydrogen) atoms. The first-order chi connectivity index (χ1) is 9.03. The molecule has 0 heterocycles. The van der Waals surface area contributed by atoms with Gasteiger partial charge in [0.15, 0.2) is 0 Å². The molecule has 0 spiro atoms. The number of fused-ring (bicyclic) bond motifs is 1. The molecular weight excluding hydrogens is 286 g/mol. The Bertz CT molecular complexity index is 532. The molecule has 6 heteroatoms. The van der Waals surface area contributed by atoms with Crippen LogP contribution < -0.4 is 4.72 Å². The summed E-state index contributed by atoms with van der Waals surface area (Å²) in [5.41, 5.74) is 2.09. The van der Waals surface area contributed by atoms with Crippen molar-refractivity contribution in [1.82, 2.24) is 4.72 Å². The number of sulfonamides is 1. The van der Waals surface area contributed by atoms with E-state index in [2.05, 4.69) is 4.72 Å². The minimum atomic E-state index is -3.37. The predicted octanol–water partition coefficient (Wildman–Crippen LogP) is 1.85. The molecule has 0 saturated carbocycles. The van der Waals surface area contributed by atoms with Crippen molar-refractivity contribution in [3.05, 3.63) is 35.4 Å². The number of alkyl halides is 1. The van der Waals surface area contributed by atoms with Gasteiger partial charge in [0.2, 0.25) is 10.0 Å². The van der Waals surface area contributed by atoms with Gasteiger partial charge in [-0.05, 0) is 24.5 Å². The standard InChI is InChI=1S/C13H18ClNO3S/c1-2-18-7-8-19(16,17)15-13-11-6-4-3-5-10(11)9-12(13)14/h3-6,12-13,15H,2,7-9H2,1H3. The second-order valence-corrected chi connectivity index (χ2v) is 6.96. The van der Waals surface area contributed by atoms with Crippen molar-refractivity contribution in [3.63, 3.8) is 0 Å². The fraction of sp³-hybridized carbons (Fsp3) is 0.538. The van der Waals surface area contributed by atoms with Crippen LogP contribution in [-0.4, -0.2) is 32.8 Å². The van der Waals surface area contributed by atoms with E-state index in [1.165, 1.54) is 0 Å². The lowest BCUT2D eigenvalue weighted by Crippen LogP contribution is -2.34. The highest BCUT2D eigenvalue weighted by atomic mass is 35.5. The largest absolute Gasteiger partial charge is 0.381 e. The van der Waals surface area contributed by atoms with Gasteiger partial charge in [0.05, 0.1) is 23.8 Å². The Labute approximate surface area is 119 Å². The number of nitrogens with one attached hydrogen (secondary N) is 1. The average molecular weight is 304 g/mol. The van der Waals surface area contributed by atoms with Crippen LogP contribution in [0.2, 0.25) is 0 Å². The minimum absolute atomic E-state index is 0.0386. The summed E-state index contributed by atoms with van der Waals surface area (Å²) < 4.78 is 31.7. The summed E-state index contributed by atoms with van der Waals surface area (Å²) in [7, 11) is -3.37. The molecule has 0 saturated heterocycles. The molecule has 0 aliphatic heterocycles. The Hall–Kier alpha value is -0.620. The fourth-order valence-corrected chi connectivity index (χ4v) is 3.82. The van der Waals surface area contributed by atoms with Crippen molar-refractivity contribution >= 4 is 21.6 Å². The molecule has 1 aliphatic carbocycles. The quantitative estimate of drug-likeness (QED) is 0.644. The monoisotopic (exact) mass is 303 g/mol. The van der Waals surface area contributed by atoms with E-state index in [1.54, 1.807) is 0 Å². The van der Waals surface area contributed by atoms with Gasteiger partial charge in [-0.15, -0.1) is 11.6 Å². The molecule has 0 fully saturated rings. The van der Waals surface area contributed by atoms with Gasteiger partial charge in [-0.1, -0.05) is 24.3 Å². The first kappa shape index (κ1) is 14.8. The third kappa shape index (κ3) is 3.69. The Morgan fingerprint density at radius 2 is 2.16 bits per heavy atom. The molecule has 0 aromatic heterocycles. The lowest BCUT2D eigenvalue weighted by atomic mass is 10.1. The second kappa shape index (κ2) is 6.22. The van der Waals surface area contributed by atoms with E-state index in [1.807, 2.05) is 31.2 Å². The van der Waals surface area contributed by atoms with E-state index in [0.717, 1.165) is 11.1 Å². The second-order valence-electron chi connectivity index (χ2n) is 4.53. The summed E-state index contributed by atoms with van der Waals surface area (Å²) in [6.07, 6.45) is 0.691. The van der Waals surface area contributed by atoms with Crippen molar-refractivity contribution in [2.24, 2.45) is 0 Å². The van der Waals surface area contributed by atoms with Crippen LogP contribution >= 0.6 is 11.6 Å². The van der Waals surface area contributed by atoms with Crippen molar-refractivity contribution in [1.29, 1.82) is 0 Å². The topological polar surface area (TPSA) is 55.4 Å². The molecule has 2 atom stereocenters. The van der Waals surface area contributed by atoms with E-state index >= 15 is 0 Å². The fourth-order valence-electron chi connectivity index (χ4n) is 2.25. The predicted molar refractivity (Wildman–Crippen MR) is 75.9 cm³/mol. The van der Waals surface area contributed by atoms with Crippen molar-refractivity contribution in [2.45, 2.75) is 24.8 Å². The molecule has 1 aromatic carbocycles. The van der Waals surface area contributed by atoms with Crippen LogP contribution in [0.4, 0.5) is 0 Å². The van der Waals surface area contributed by atoms with Gasteiger partial charge in [-0.3, -0.25) is 0 Å². The van der Waals surface area contributed by atoms with Crippen LogP contribution in [-0.2, 0) is 21.2 Å². The SMILES string of the molecule is CCOCCS(=O)(=O)NC1c2ccccc2CC1Cl. The lowest BCUT2D eigenvalue weighted by Gasteiger charge is -2.17. The molecule has 2 unspecified atom stereocenters. The Morgan fingerprint density at radius 1 is 1.42 bits per heavy atom. The van der Waals surface area contributed by atoms with Crippen LogP contribution in [0.15, 0.2) is 24.3 Å². The third-order valence-electron chi connectivity index (χ3n) is 3.17. The van der Waals surface area contributed by atoms with E-state index in [4.69, 9.17) is 16.3 Å². The molecule has 0 amide bonds.